The van der Waals surface area contributed by atoms with Gasteiger partial charge in [0.2, 0.25) is 5.91 Å². The van der Waals surface area contributed by atoms with Crippen LogP contribution < -0.4 is 10.1 Å². The molecule has 1 aliphatic rings. The van der Waals surface area contributed by atoms with Crippen molar-refractivity contribution in [3.8, 4) is 11.5 Å². The summed E-state index contributed by atoms with van der Waals surface area (Å²) in [6.07, 6.45) is 0. The Bertz CT molecular complexity index is 877. The standard InChI is InChI=1S/C20H14FNO2/c21-15-9-3-4-10-16(15)22-20(23)19-13-7-1-5-11-17(13)24-18-12-6-2-8-14(18)19/h1-12,19H,(H,22,23). The van der Waals surface area contributed by atoms with Gasteiger partial charge in [0.25, 0.3) is 0 Å². The fourth-order valence-corrected chi connectivity index (χ4v) is 2.96. The number of hydrogen-bond acceptors (Lipinski definition) is 2. The monoisotopic (exact) mass is 319 g/mol. The molecule has 24 heavy (non-hydrogen) atoms. The lowest BCUT2D eigenvalue weighted by Gasteiger charge is -2.27. The van der Waals surface area contributed by atoms with Crippen molar-refractivity contribution in [2.24, 2.45) is 0 Å². The van der Waals surface area contributed by atoms with Crippen LogP contribution in [0.2, 0.25) is 0 Å². The van der Waals surface area contributed by atoms with Crippen molar-refractivity contribution in [3.63, 3.8) is 0 Å². The summed E-state index contributed by atoms with van der Waals surface area (Å²) in [5.74, 6) is -0.0108. The topological polar surface area (TPSA) is 38.3 Å². The molecule has 118 valence electrons. The molecule has 0 atom stereocenters. The van der Waals surface area contributed by atoms with Crippen LogP contribution in [-0.2, 0) is 4.79 Å². The van der Waals surface area contributed by atoms with Crippen LogP contribution in [0.25, 0.3) is 0 Å². The SMILES string of the molecule is O=C(Nc1ccccc1F)C1c2ccccc2Oc2ccccc21. The third-order valence-corrected chi connectivity index (χ3v) is 4.07. The minimum absolute atomic E-state index is 0.170. The highest BCUT2D eigenvalue weighted by Crippen LogP contribution is 2.44. The van der Waals surface area contributed by atoms with Crippen molar-refractivity contribution < 1.29 is 13.9 Å². The first-order valence-electron chi connectivity index (χ1n) is 7.65. The summed E-state index contributed by atoms with van der Waals surface area (Å²) in [6.45, 7) is 0. The molecule has 0 saturated heterocycles. The zero-order chi connectivity index (χ0) is 16.5. The molecule has 1 heterocycles. The summed E-state index contributed by atoms with van der Waals surface area (Å²) in [7, 11) is 0. The van der Waals surface area contributed by atoms with Crippen molar-refractivity contribution >= 4 is 11.6 Å². The van der Waals surface area contributed by atoms with Gasteiger partial charge in [-0.05, 0) is 24.3 Å². The first-order valence-corrected chi connectivity index (χ1v) is 7.65. The molecule has 1 aliphatic heterocycles. The molecule has 3 aromatic carbocycles. The molecule has 3 nitrogen and oxygen atoms in total. The smallest absolute Gasteiger partial charge is 0.236 e. The Kier molecular flexibility index (Phi) is 3.50. The highest BCUT2D eigenvalue weighted by Gasteiger charge is 2.32. The molecule has 0 saturated carbocycles. The molecule has 0 aliphatic carbocycles. The number of benzene rings is 3. The summed E-state index contributed by atoms with van der Waals surface area (Å²) < 4.78 is 19.7. The summed E-state index contributed by atoms with van der Waals surface area (Å²) in [5, 5.41) is 2.69. The highest BCUT2D eigenvalue weighted by atomic mass is 19.1. The van der Waals surface area contributed by atoms with Crippen molar-refractivity contribution in [1.82, 2.24) is 0 Å². The number of rotatable bonds is 2. The van der Waals surface area contributed by atoms with E-state index in [0.29, 0.717) is 11.5 Å². The maximum absolute atomic E-state index is 13.9. The van der Waals surface area contributed by atoms with Crippen LogP contribution in [0.1, 0.15) is 17.0 Å². The normalized spacial score (nSPS) is 12.7. The number of carbonyl (C=O) groups excluding carboxylic acids is 1. The number of anilines is 1. The van der Waals surface area contributed by atoms with Gasteiger partial charge in [0.05, 0.1) is 11.6 Å². The van der Waals surface area contributed by atoms with E-state index in [-0.39, 0.29) is 11.6 Å². The molecule has 4 heteroatoms. The molecule has 0 radical (unpaired) electrons. The maximum atomic E-state index is 13.9. The Hall–Kier alpha value is -3.14. The molecule has 0 fully saturated rings. The minimum atomic E-state index is -0.550. The number of carbonyl (C=O) groups is 1. The van der Waals surface area contributed by atoms with Crippen LogP contribution in [0.4, 0.5) is 10.1 Å². The molecule has 0 unspecified atom stereocenters. The van der Waals surface area contributed by atoms with Crippen molar-refractivity contribution in [1.29, 1.82) is 0 Å². The quantitative estimate of drug-likeness (QED) is 0.743. The number of hydrogen-bond donors (Lipinski definition) is 1. The lowest BCUT2D eigenvalue weighted by molar-refractivity contribution is -0.116. The third-order valence-electron chi connectivity index (χ3n) is 4.07. The Labute approximate surface area is 138 Å². The molecule has 1 N–H and O–H groups in total. The minimum Gasteiger partial charge on any atom is -0.457 e. The van der Waals surface area contributed by atoms with Gasteiger partial charge in [0.1, 0.15) is 17.3 Å². The lowest BCUT2D eigenvalue weighted by atomic mass is 9.87. The van der Waals surface area contributed by atoms with E-state index >= 15 is 0 Å². The van der Waals surface area contributed by atoms with Gasteiger partial charge in [-0.1, -0.05) is 48.5 Å². The highest BCUT2D eigenvalue weighted by molar-refractivity contribution is 5.99. The number of nitrogens with one attached hydrogen (secondary N) is 1. The van der Waals surface area contributed by atoms with Crippen LogP contribution in [0.15, 0.2) is 72.8 Å². The van der Waals surface area contributed by atoms with Gasteiger partial charge >= 0.3 is 0 Å². The van der Waals surface area contributed by atoms with E-state index in [0.717, 1.165) is 11.1 Å². The lowest BCUT2D eigenvalue weighted by Crippen LogP contribution is -2.25. The van der Waals surface area contributed by atoms with Gasteiger partial charge in [-0.15, -0.1) is 0 Å². The second-order valence-electron chi connectivity index (χ2n) is 5.58. The zero-order valence-corrected chi connectivity index (χ0v) is 12.7. The molecule has 0 aromatic heterocycles. The van der Waals surface area contributed by atoms with Gasteiger partial charge in [-0.25, -0.2) is 4.39 Å². The van der Waals surface area contributed by atoms with Crippen LogP contribution in [0.3, 0.4) is 0 Å². The molecular formula is C20H14FNO2. The second-order valence-corrected chi connectivity index (χ2v) is 5.58. The van der Waals surface area contributed by atoms with E-state index in [9.17, 15) is 9.18 Å². The van der Waals surface area contributed by atoms with Gasteiger partial charge in [0.15, 0.2) is 0 Å². The Morgan fingerprint density at radius 3 is 2.00 bits per heavy atom. The van der Waals surface area contributed by atoms with Crippen molar-refractivity contribution in [2.75, 3.05) is 5.32 Å². The van der Waals surface area contributed by atoms with Crippen LogP contribution in [-0.4, -0.2) is 5.91 Å². The summed E-state index contributed by atoms with van der Waals surface area (Å²) >= 11 is 0. The van der Waals surface area contributed by atoms with Crippen molar-refractivity contribution in [2.45, 2.75) is 5.92 Å². The Morgan fingerprint density at radius 1 is 0.833 bits per heavy atom. The van der Waals surface area contributed by atoms with Crippen LogP contribution in [0, 0.1) is 5.82 Å². The number of para-hydroxylation sites is 3. The summed E-state index contributed by atoms with van der Waals surface area (Å²) in [5.41, 5.74) is 1.71. The van der Waals surface area contributed by atoms with E-state index in [2.05, 4.69) is 5.32 Å². The maximum Gasteiger partial charge on any atom is 0.236 e. The molecule has 1 amide bonds. The zero-order valence-electron chi connectivity index (χ0n) is 12.7. The summed E-state index contributed by atoms with van der Waals surface area (Å²) in [4.78, 5) is 12.9. The number of ether oxygens (including phenoxy) is 1. The number of halogens is 1. The average molecular weight is 319 g/mol. The predicted octanol–water partition coefficient (Wildman–Crippen LogP) is 4.70. The van der Waals surface area contributed by atoms with Gasteiger partial charge in [-0.2, -0.15) is 0 Å². The van der Waals surface area contributed by atoms with E-state index < -0.39 is 11.7 Å². The fourth-order valence-electron chi connectivity index (χ4n) is 2.96. The Morgan fingerprint density at radius 2 is 1.38 bits per heavy atom. The molecule has 0 spiro atoms. The van der Waals surface area contributed by atoms with E-state index in [1.54, 1.807) is 18.2 Å². The predicted molar refractivity (Wildman–Crippen MR) is 89.8 cm³/mol. The Balaban J connectivity index is 1.77. The first kappa shape index (κ1) is 14.5. The molecule has 3 aromatic rings. The van der Waals surface area contributed by atoms with Gasteiger partial charge in [-0.3, -0.25) is 4.79 Å². The largest absolute Gasteiger partial charge is 0.457 e. The van der Waals surface area contributed by atoms with E-state index in [1.807, 2.05) is 48.5 Å². The average Bonchev–Trinajstić information content (AvgIpc) is 2.61. The molecular weight excluding hydrogens is 305 g/mol. The van der Waals surface area contributed by atoms with Crippen LogP contribution in [0.5, 0.6) is 11.5 Å². The van der Waals surface area contributed by atoms with Gasteiger partial charge < -0.3 is 10.1 Å². The third kappa shape index (κ3) is 2.42. The van der Waals surface area contributed by atoms with Gasteiger partial charge in [0, 0.05) is 11.1 Å². The number of fused-ring (bicyclic) bond motifs is 2. The first-order chi connectivity index (χ1) is 11.7. The summed E-state index contributed by atoms with van der Waals surface area (Å²) in [6, 6.07) is 21.0. The fraction of sp³-hybridized carbons (Fsp3) is 0.0500. The van der Waals surface area contributed by atoms with E-state index in [4.69, 9.17) is 4.74 Å². The molecule has 4 rings (SSSR count). The van der Waals surface area contributed by atoms with E-state index in [1.165, 1.54) is 6.07 Å². The number of amides is 1. The second kappa shape index (κ2) is 5.81. The molecule has 0 bridgehead atoms. The van der Waals surface area contributed by atoms with Crippen LogP contribution >= 0.6 is 0 Å². The van der Waals surface area contributed by atoms with Crippen molar-refractivity contribution in [3.05, 3.63) is 89.7 Å².